The van der Waals surface area contributed by atoms with E-state index in [1.807, 2.05) is 13.0 Å². The summed E-state index contributed by atoms with van der Waals surface area (Å²) < 4.78 is 5.51. The van der Waals surface area contributed by atoms with Crippen molar-refractivity contribution >= 4 is 34.7 Å². The van der Waals surface area contributed by atoms with Crippen LogP contribution >= 0.6 is 11.8 Å². The standard InChI is InChI=1S/C17H14N2O3S/c1-2-22-14-9-4-3-8-13(14)19-16(20)15(23-17(19)21)11-12-7-5-6-10-18-12/h3-11H,2H2,1H3/b15-11-. The van der Waals surface area contributed by atoms with Gasteiger partial charge in [-0.15, -0.1) is 0 Å². The summed E-state index contributed by atoms with van der Waals surface area (Å²) in [4.78, 5) is 30.5. The highest BCUT2D eigenvalue weighted by Gasteiger charge is 2.37. The number of para-hydroxylation sites is 2. The van der Waals surface area contributed by atoms with Gasteiger partial charge >= 0.3 is 0 Å². The highest BCUT2D eigenvalue weighted by molar-refractivity contribution is 8.19. The number of thioether (sulfide) groups is 1. The predicted octanol–water partition coefficient (Wildman–Crippen LogP) is 3.72. The molecular weight excluding hydrogens is 312 g/mol. The second-order valence-electron chi connectivity index (χ2n) is 4.67. The van der Waals surface area contributed by atoms with Crippen molar-refractivity contribution in [2.75, 3.05) is 11.5 Å². The van der Waals surface area contributed by atoms with Crippen LogP contribution in [0.25, 0.3) is 6.08 Å². The third kappa shape index (κ3) is 3.12. The summed E-state index contributed by atoms with van der Waals surface area (Å²) in [6.45, 7) is 2.31. The molecule has 0 spiro atoms. The fourth-order valence-electron chi connectivity index (χ4n) is 2.19. The molecule has 0 atom stereocenters. The first-order chi connectivity index (χ1) is 11.2. The lowest BCUT2D eigenvalue weighted by molar-refractivity contribution is -0.113. The smallest absolute Gasteiger partial charge is 0.298 e. The Labute approximate surface area is 138 Å². The van der Waals surface area contributed by atoms with Crippen molar-refractivity contribution in [3.05, 3.63) is 59.3 Å². The molecule has 23 heavy (non-hydrogen) atoms. The second-order valence-corrected chi connectivity index (χ2v) is 5.67. The summed E-state index contributed by atoms with van der Waals surface area (Å²) >= 11 is 0.901. The highest BCUT2D eigenvalue weighted by atomic mass is 32.2. The number of nitrogens with zero attached hydrogens (tertiary/aromatic N) is 2. The molecule has 0 aliphatic carbocycles. The number of carbonyl (C=O) groups is 2. The number of carbonyl (C=O) groups excluding carboxylic acids is 2. The number of benzene rings is 1. The largest absolute Gasteiger partial charge is 0.492 e. The normalized spacial score (nSPS) is 16.2. The van der Waals surface area contributed by atoms with Crippen molar-refractivity contribution in [2.24, 2.45) is 0 Å². The van der Waals surface area contributed by atoms with Crippen molar-refractivity contribution in [2.45, 2.75) is 6.92 Å². The number of hydrogen-bond acceptors (Lipinski definition) is 5. The molecule has 2 aromatic rings. The Bertz CT molecular complexity index is 774. The number of aromatic nitrogens is 1. The number of pyridine rings is 1. The van der Waals surface area contributed by atoms with Crippen LogP contribution in [0.2, 0.25) is 0 Å². The van der Waals surface area contributed by atoms with E-state index in [0.717, 1.165) is 16.7 Å². The third-order valence-corrected chi connectivity index (χ3v) is 4.04. The number of imide groups is 1. The Morgan fingerprint density at radius 2 is 1.96 bits per heavy atom. The molecule has 1 aliphatic rings. The fourth-order valence-corrected chi connectivity index (χ4v) is 3.01. The molecule has 0 N–H and O–H groups in total. The van der Waals surface area contributed by atoms with Crippen LogP contribution < -0.4 is 9.64 Å². The van der Waals surface area contributed by atoms with Crippen LogP contribution in [0.5, 0.6) is 5.75 Å². The molecular formula is C17H14N2O3S. The van der Waals surface area contributed by atoms with Gasteiger partial charge in [0.2, 0.25) is 0 Å². The molecule has 6 heteroatoms. The first kappa shape index (κ1) is 15.3. The molecule has 3 rings (SSSR count). The molecule has 0 radical (unpaired) electrons. The number of anilines is 1. The SMILES string of the molecule is CCOc1ccccc1N1C(=O)S/C(=C\c2ccccn2)C1=O. The molecule has 1 aliphatic heterocycles. The van der Waals surface area contributed by atoms with E-state index in [0.29, 0.717) is 28.6 Å². The maximum Gasteiger partial charge on any atom is 0.298 e. The van der Waals surface area contributed by atoms with Gasteiger partial charge < -0.3 is 4.74 Å². The van der Waals surface area contributed by atoms with E-state index in [1.54, 1.807) is 48.7 Å². The molecule has 1 aromatic carbocycles. The van der Waals surface area contributed by atoms with Gasteiger partial charge in [-0.2, -0.15) is 0 Å². The topological polar surface area (TPSA) is 59.5 Å². The Morgan fingerprint density at radius 3 is 2.70 bits per heavy atom. The van der Waals surface area contributed by atoms with Crippen LogP contribution in [0, 0.1) is 0 Å². The van der Waals surface area contributed by atoms with Crippen LogP contribution in [0.15, 0.2) is 53.6 Å². The van der Waals surface area contributed by atoms with Crippen molar-refractivity contribution in [1.29, 1.82) is 0 Å². The van der Waals surface area contributed by atoms with E-state index in [-0.39, 0.29) is 11.1 Å². The molecule has 0 unspecified atom stereocenters. The second kappa shape index (κ2) is 6.66. The molecule has 1 saturated heterocycles. The van der Waals surface area contributed by atoms with Crippen molar-refractivity contribution in [3.63, 3.8) is 0 Å². The molecule has 5 nitrogen and oxygen atoms in total. The molecule has 1 fully saturated rings. The molecule has 1 aromatic heterocycles. The van der Waals surface area contributed by atoms with Gasteiger partial charge in [0.1, 0.15) is 5.75 Å². The van der Waals surface area contributed by atoms with Gasteiger partial charge in [0, 0.05) is 6.20 Å². The van der Waals surface area contributed by atoms with Crippen molar-refractivity contribution in [1.82, 2.24) is 4.98 Å². The minimum atomic E-state index is -0.363. The lowest BCUT2D eigenvalue weighted by Gasteiger charge is -2.16. The highest BCUT2D eigenvalue weighted by Crippen LogP contribution is 2.39. The van der Waals surface area contributed by atoms with Crippen molar-refractivity contribution < 1.29 is 14.3 Å². The lowest BCUT2D eigenvalue weighted by atomic mass is 10.2. The summed E-state index contributed by atoms with van der Waals surface area (Å²) in [6.07, 6.45) is 3.26. The summed E-state index contributed by atoms with van der Waals surface area (Å²) in [5.41, 5.74) is 1.09. The Hall–Kier alpha value is -2.60. The molecule has 2 amide bonds. The maximum absolute atomic E-state index is 12.6. The zero-order chi connectivity index (χ0) is 16.2. The molecule has 0 saturated carbocycles. The quantitative estimate of drug-likeness (QED) is 0.801. The summed E-state index contributed by atoms with van der Waals surface area (Å²) in [5.74, 6) is 0.147. The number of hydrogen-bond donors (Lipinski definition) is 0. The van der Waals surface area contributed by atoms with Crippen LogP contribution in [0.3, 0.4) is 0 Å². The summed E-state index contributed by atoms with van der Waals surface area (Å²) in [6, 6.07) is 12.4. The first-order valence-corrected chi connectivity index (χ1v) is 7.93. The van der Waals surface area contributed by atoms with Gasteiger partial charge in [0.15, 0.2) is 0 Å². The monoisotopic (exact) mass is 326 g/mol. The van der Waals surface area contributed by atoms with Crippen LogP contribution in [0.4, 0.5) is 10.5 Å². The minimum Gasteiger partial charge on any atom is -0.492 e. The van der Waals surface area contributed by atoms with Gasteiger partial charge in [0.05, 0.1) is 22.9 Å². The Kier molecular flexibility index (Phi) is 4.43. The van der Waals surface area contributed by atoms with Gasteiger partial charge in [-0.1, -0.05) is 18.2 Å². The van der Waals surface area contributed by atoms with Gasteiger partial charge in [0.25, 0.3) is 11.1 Å². The summed E-state index contributed by atoms with van der Waals surface area (Å²) in [7, 11) is 0. The number of ether oxygens (including phenoxy) is 1. The Balaban J connectivity index is 1.95. The van der Waals surface area contributed by atoms with E-state index < -0.39 is 0 Å². The van der Waals surface area contributed by atoms with Crippen LogP contribution in [-0.4, -0.2) is 22.7 Å². The molecule has 0 bridgehead atoms. The predicted molar refractivity (Wildman–Crippen MR) is 90.3 cm³/mol. The van der Waals surface area contributed by atoms with Crippen molar-refractivity contribution in [3.8, 4) is 5.75 Å². The third-order valence-electron chi connectivity index (χ3n) is 3.17. The molecule has 2 heterocycles. The molecule has 116 valence electrons. The van der Waals surface area contributed by atoms with Crippen LogP contribution in [-0.2, 0) is 4.79 Å². The van der Waals surface area contributed by atoms with E-state index in [9.17, 15) is 9.59 Å². The van der Waals surface area contributed by atoms with E-state index in [2.05, 4.69) is 4.98 Å². The average Bonchev–Trinajstić information content (AvgIpc) is 2.83. The van der Waals surface area contributed by atoms with E-state index in [4.69, 9.17) is 4.74 Å². The Morgan fingerprint density at radius 1 is 1.17 bits per heavy atom. The average molecular weight is 326 g/mol. The van der Waals surface area contributed by atoms with Crippen LogP contribution in [0.1, 0.15) is 12.6 Å². The number of amides is 2. The lowest BCUT2D eigenvalue weighted by Crippen LogP contribution is -2.28. The zero-order valence-corrected chi connectivity index (χ0v) is 13.2. The maximum atomic E-state index is 12.6. The summed E-state index contributed by atoms with van der Waals surface area (Å²) in [5, 5.41) is -0.343. The minimum absolute atomic E-state index is 0.343. The zero-order valence-electron chi connectivity index (χ0n) is 12.4. The van der Waals surface area contributed by atoms with Gasteiger partial charge in [-0.25, -0.2) is 4.90 Å². The van der Waals surface area contributed by atoms with Gasteiger partial charge in [-0.05, 0) is 49.0 Å². The van der Waals surface area contributed by atoms with E-state index in [1.165, 1.54) is 0 Å². The van der Waals surface area contributed by atoms with E-state index >= 15 is 0 Å². The first-order valence-electron chi connectivity index (χ1n) is 7.11. The van der Waals surface area contributed by atoms with Gasteiger partial charge in [-0.3, -0.25) is 14.6 Å². The number of rotatable bonds is 4. The fraction of sp³-hybridized carbons (Fsp3) is 0.118.